The van der Waals surface area contributed by atoms with E-state index in [1.165, 1.54) is 11.3 Å². The first kappa shape index (κ1) is 17.5. The Morgan fingerprint density at radius 3 is 2.74 bits per heavy atom. The molecular weight excluding hydrogens is 324 g/mol. The molecule has 0 aromatic carbocycles. The third kappa shape index (κ3) is 3.74. The van der Waals surface area contributed by atoms with Crippen LogP contribution in [0.2, 0.25) is 0 Å². The van der Waals surface area contributed by atoms with Crippen molar-refractivity contribution in [2.75, 3.05) is 12.0 Å². The van der Waals surface area contributed by atoms with Gasteiger partial charge < -0.3 is 20.4 Å². The maximum Gasteiger partial charge on any atom is 0.261 e. The van der Waals surface area contributed by atoms with E-state index >= 15 is 0 Å². The number of hydrogen-bond acceptors (Lipinski definition) is 9. The zero-order chi connectivity index (χ0) is 17.1. The van der Waals surface area contributed by atoms with Gasteiger partial charge in [0.2, 0.25) is 5.95 Å². The highest BCUT2D eigenvalue weighted by Crippen LogP contribution is 2.26. The molecule has 126 valence electrons. The van der Waals surface area contributed by atoms with Crippen LogP contribution in [0.4, 0.5) is 5.95 Å². The number of aliphatic hydroxyl groups excluding tert-OH is 4. The first-order valence-electron chi connectivity index (χ1n) is 6.79. The van der Waals surface area contributed by atoms with Gasteiger partial charge in [-0.2, -0.15) is 5.10 Å². The molecule has 6 N–H and O–H groups in total. The van der Waals surface area contributed by atoms with Crippen LogP contribution in [-0.4, -0.2) is 61.5 Å². The van der Waals surface area contributed by atoms with Crippen molar-refractivity contribution in [1.82, 2.24) is 9.97 Å². The molecule has 0 saturated heterocycles. The Bertz CT molecular complexity index is 772. The fourth-order valence-corrected chi connectivity index (χ4v) is 2.94. The summed E-state index contributed by atoms with van der Waals surface area (Å²) in [6, 6.07) is 0. The molecule has 0 radical (unpaired) electrons. The van der Waals surface area contributed by atoms with Gasteiger partial charge in [-0.1, -0.05) is 0 Å². The number of anilines is 1. The minimum Gasteiger partial charge on any atom is -0.394 e. The van der Waals surface area contributed by atoms with Gasteiger partial charge in [0.25, 0.3) is 5.56 Å². The molecule has 0 bridgehead atoms. The number of H-pyrrole nitrogens is 1. The molecule has 0 saturated carbocycles. The lowest BCUT2D eigenvalue weighted by Gasteiger charge is -2.17. The number of aryl methyl sites for hydroxylation is 2. The van der Waals surface area contributed by atoms with Gasteiger partial charge >= 0.3 is 0 Å². The van der Waals surface area contributed by atoms with Crippen LogP contribution < -0.4 is 11.0 Å². The van der Waals surface area contributed by atoms with Crippen molar-refractivity contribution < 1.29 is 20.4 Å². The molecule has 0 fully saturated rings. The van der Waals surface area contributed by atoms with Crippen molar-refractivity contribution in [3.8, 4) is 0 Å². The van der Waals surface area contributed by atoms with E-state index in [0.717, 1.165) is 16.7 Å². The first-order chi connectivity index (χ1) is 10.8. The quantitative estimate of drug-likeness (QED) is 0.293. The lowest BCUT2D eigenvalue weighted by Crippen LogP contribution is -2.40. The third-order valence-electron chi connectivity index (χ3n) is 3.37. The molecule has 23 heavy (non-hydrogen) atoms. The standard InChI is InChI=1S/C13H18N4O5S/c1-5-6(2)23-12-9(5)11(22)15-13(16-12)17-14-3-7(19)10(21)8(20)4-18/h3,7-8,10,18-21H,4H2,1-2H3,(H2,15,16,17,22)/b14-3+/t7-,8-,10+/m1/s1. The number of hydrazone groups is 1. The maximum atomic E-state index is 12.0. The van der Waals surface area contributed by atoms with Gasteiger partial charge in [0, 0.05) is 4.88 Å². The SMILES string of the molecule is Cc1sc2nc(N/N=C/[C@@H](O)[C@H](O)[C@H](O)CO)[nH]c(=O)c2c1C. The highest BCUT2D eigenvalue weighted by molar-refractivity contribution is 7.18. The highest BCUT2D eigenvalue weighted by Gasteiger charge is 2.22. The van der Waals surface area contributed by atoms with E-state index in [1.807, 2.05) is 13.8 Å². The Kier molecular flexibility index (Phi) is 5.44. The summed E-state index contributed by atoms with van der Waals surface area (Å²) >= 11 is 1.39. The average Bonchev–Trinajstić information content (AvgIpc) is 2.80. The Labute approximate surface area is 135 Å². The van der Waals surface area contributed by atoms with Crippen molar-refractivity contribution >= 4 is 33.7 Å². The molecule has 0 amide bonds. The lowest BCUT2D eigenvalue weighted by molar-refractivity contribution is -0.0541. The number of rotatable bonds is 6. The molecular formula is C13H18N4O5S. The van der Waals surface area contributed by atoms with E-state index in [9.17, 15) is 20.1 Å². The Morgan fingerprint density at radius 2 is 2.09 bits per heavy atom. The normalized spacial score (nSPS) is 15.9. The summed E-state index contributed by atoms with van der Waals surface area (Å²) in [4.78, 5) is 20.3. The van der Waals surface area contributed by atoms with Crippen LogP contribution >= 0.6 is 11.3 Å². The molecule has 2 rings (SSSR count). The smallest absolute Gasteiger partial charge is 0.261 e. The van der Waals surface area contributed by atoms with Crippen LogP contribution in [0.5, 0.6) is 0 Å². The Hall–Kier alpha value is -1.85. The van der Waals surface area contributed by atoms with Crippen molar-refractivity contribution in [3.63, 3.8) is 0 Å². The molecule has 9 nitrogen and oxygen atoms in total. The fraction of sp³-hybridized carbons (Fsp3) is 0.462. The van der Waals surface area contributed by atoms with Crippen LogP contribution in [0, 0.1) is 13.8 Å². The van der Waals surface area contributed by atoms with Crippen molar-refractivity contribution in [2.24, 2.45) is 5.10 Å². The molecule has 2 aromatic rings. The van der Waals surface area contributed by atoms with Crippen LogP contribution in [0.25, 0.3) is 10.2 Å². The van der Waals surface area contributed by atoms with Gasteiger partial charge in [-0.3, -0.25) is 9.78 Å². The summed E-state index contributed by atoms with van der Waals surface area (Å²) in [5.74, 6) is 0.0874. The fourth-order valence-electron chi connectivity index (χ4n) is 1.91. The number of thiophene rings is 1. The van der Waals surface area contributed by atoms with E-state index in [1.54, 1.807) is 0 Å². The number of fused-ring (bicyclic) bond motifs is 1. The number of hydrogen-bond donors (Lipinski definition) is 6. The number of aromatic amines is 1. The summed E-state index contributed by atoms with van der Waals surface area (Å²) in [6.07, 6.45) is -3.63. The van der Waals surface area contributed by atoms with E-state index in [0.29, 0.717) is 10.2 Å². The number of aromatic nitrogens is 2. The minimum absolute atomic E-state index is 0.0874. The topological polar surface area (TPSA) is 151 Å². The van der Waals surface area contributed by atoms with Gasteiger partial charge in [-0.25, -0.2) is 10.4 Å². The van der Waals surface area contributed by atoms with Crippen molar-refractivity contribution in [3.05, 3.63) is 20.8 Å². The van der Waals surface area contributed by atoms with Crippen LogP contribution in [-0.2, 0) is 0 Å². The molecule has 2 heterocycles. The molecule has 0 spiro atoms. The van der Waals surface area contributed by atoms with E-state index < -0.39 is 24.9 Å². The van der Waals surface area contributed by atoms with E-state index in [-0.39, 0.29) is 11.5 Å². The molecule has 3 atom stereocenters. The van der Waals surface area contributed by atoms with Gasteiger partial charge in [-0.05, 0) is 19.4 Å². The summed E-state index contributed by atoms with van der Waals surface area (Å²) < 4.78 is 0. The van der Waals surface area contributed by atoms with Crippen LogP contribution in [0.15, 0.2) is 9.90 Å². The molecule has 10 heteroatoms. The van der Waals surface area contributed by atoms with Gasteiger partial charge in [0.1, 0.15) is 23.1 Å². The van der Waals surface area contributed by atoms with E-state index in [2.05, 4.69) is 20.5 Å². The molecule has 0 unspecified atom stereocenters. The highest BCUT2D eigenvalue weighted by atomic mass is 32.1. The first-order valence-corrected chi connectivity index (χ1v) is 7.61. The summed E-state index contributed by atoms with van der Waals surface area (Å²) in [5, 5.41) is 41.1. The Morgan fingerprint density at radius 1 is 1.39 bits per heavy atom. The number of nitrogens with zero attached hydrogens (tertiary/aromatic N) is 2. The number of nitrogens with one attached hydrogen (secondary N) is 2. The monoisotopic (exact) mass is 342 g/mol. The zero-order valence-electron chi connectivity index (χ0n) is 12.5. The predicted octanol–water partition coefficient (Wildman–Crippen LogP) is -0.926. The van der Waals surface area contributed by atoms with Gasteiger partial charge in [0.15, 0.2) is 0 Å². The second-order valence-electron chi connectivity index (χ2n) is 5.00. The zero-order valence-corrected chi connectivity index (χ0v) is 13.3. The van der Waals surface area contributed by atoms with Crippen LogP contribution in [0.1, 0.15) is 10.4 Å². The molecule has 0 aliphatic carbocycles. The second-order valence-corrected chi connectivity index (χ2v) is 6.20. The Balaban J connectivity index is 2.14. The minimum atomic E-state index is -1.58. The third-order valence-corrected chi connectivity index (χ3v) is 4.47. The largest absolute Gasteiger partial charge is 0.394 e. The van der Waals surface area contributed by atoms with Crippen molar-refractivity contribution in [1.29, 1.82) is 0 Å². The predicted molar refractivity (Wildman–Crippen MR) is 86.9 cm³/mol. The molecule has 0 aliphatic heterocycles. The number of aliphatic hydroxyl groups is 4. The van der Waals surface area contributed by atoms with Gasteiger partial charge in [-0.15, -0.1) is 11.3 Å². The summed E-state index contributed by atoms with van der Waals surface area (Å²) in [6.45, 7) is 3.05. The van der Waals surface area contributed by atoms with Crippen LogP contribution in [0.3, 0.4) is 0 Å². The molecule has 0 aliphatic rings. The average molecular weight is 342 g/mol. The van der Waals surface area contributed by atoms with Crippen molar-refractivity contribution in [2.45, 2.75) is 32.2 Å². The molecule has 2 aromatic heterocycles. The van der Waals surface area contributed by atoms with Gasteiger partial charge in [0.05, 0.1) is 18.2 Å². The lowest BCUT2D eigenvalue weighted by atomic mass is 10.1. The second kappa shape index (κ2) is 7.15. The van der Waals surface area contributed by atoms with E-state index in [4.69, 9.17) is 5.11 Å². The summed E-state index contributed by atoms with van der Waals surface area (Å²) in [7, 11) is 0. The summed E-state index contributed by atoms with van der Waals surface area (Å²) in [5.41, 5.74) is 3.02. The maximum absolute atomic E-state index is 12.0.